The summed E-state index contributed by atoms with van der Waals surface area (Å²) in [5, 5.41) is 4.42. The second-order valence-corrected chi connectivity index (χ2v) is 5.36. The third kappa shape index (κ3) is 3.43. The fourth-order valence-electron chi connectivity index (χ4n) is 2.10. The number of hydrogen-bond acceptors (Lipinski definition) is 6. The zero-order valence-electron chi connectivity index (χ0n) is 12.5. The smallest absolute Gasteiger partial charge is 0.342 e. The molecule has 1 aromatic carbocycles. The number of hydrogen-bond donors (Lipinski definition) is 0. The number of carbonyl (C=O) groups excluding carboxylic acids is 1. The molecular weight excluding hydrogens is 320 g/mol. The number of halogens is 1. The van der Waals surface area contributed by atoms with E-state index >= 15 is 0 Å². The molecule has 3 rings (SSSR count). The van der Waals surface area contributed by atoms with Crippen LogP contribution in [-0.2, 0) is 11.3 Å². The minimum Gasteiger partial charge on any atom is -0.466 e. The molecule has 0 aliphatic carbocycles. The van der Waals surface area contributed by atoms with E-state index in [0.717, 1.165) is 5.56 Å². The summed E-state index contributed by atoms with van der Waals surface area (Å²) in [4.78, 5) is 16.2. The van der Waals surface area contributed by atoms with Gasteiger partial charge < -0.3 is 13.7 Å². The first-order valence-corrected chi connectivity index (χ1v) is 7.23. The summed E-state index contributed by atoms with van der Waals surface area (Å²) in [7, 11) is 0. The van der Waals surface area contributed by atoms with Crippen LogP contribution in [-0.4, -0.2) is 16.1 Å². The molecule has 0 bridgehead atoms. The Bertz CT molecular complexity index is 853. The molecule has 3 aromatic rings. The SMILES string of the molecule is Cc1cc(C(=O)OCc2nc(-c3cccc(Cl)c3)no2)c(C)o1. The van der Waals surface area contributed by atoms with Gasteiger partial charge in [-0.25, -0.2) is 4.79 Å². The Labute approximate surface area is 137 Å². The molecular formula is C16H13ClN2O4. The summed E-state index contributed by atoms with van der Waals surface area (Å²) in [5.41, 5.74) is 1.11. The average molecular weight is 333 g/mol. The maximum absolute atomic E-state index is 12.0. The van der Waals surface area contributed by atoms with E-state index in [0.29, 0.717) is 27.9 Å². The van der Waals surface area contributed by atoms with Crippen molar-refractivity contribution < 1.29 is 18.5 Å². The first-order chi connectivity index (χ1) is 11.0. The lowest BCUT2D eigenvalue weighted by atomic mass is 10.2. The van der Waals surface area contributed by atoms with Crippen LogP contribution in [0.15, 0.2) is 39.3 Å². The van der Waals surface area contributed by atoms with Crippen LogP contribution in [0.4, 0.5) is 0 Å². The van der Waals surface area contributed by atoms with Crippen molar-refractivity contribution in [3.63, 3.8) is 0 Å². The van der Waals surface area contributed by atoms with Gasteiger partial charge in [-0.2, -0.15) is 4.98 Å². The lowest BCUT2D eigenvalue weighted by Crippen LogP contribution is -2.05. The Kier molecular flexibility index (Phi) is 4.16. The molecule has 0 atom stereocenters. The number of aryl methyl sites for hydroxylation is 2. The van der Waals surface area contributed by atoms with Crippen molar-refractivity contribution in [2.24, 2.45) is 0 Å². The summed E-state index contributed by atoms with van der Waals surface area (Å²) in [6, 6.07) is 8.70. The van der Waals surface area contributed by atoms with Gasteiger partial charge in [0.1, 0.15) is 17.1 Å². The second kappa shape index (κ2) is 6.26. The Morgan fingerprint density at radius 1 is 1.30 bits per heavy atom. The maximum Gasteiger partial charge on any atom is 0.342 e. The fraction of sp³-hybridized carbons (Fsp3) is 0.188. The Morgan fingerprint density at radius 2 is 2.13 bits per heavy atom. The van der Waals surface area contributed by atoms with Crippen molar-refractivity contribution in [2.45, 2.75) is 20.5 Å². The van der Waals surface area contributed by atoms with E-state index in [9.17, 15) is 4.79 Å². The number of carbonyl (C=O) groups is 1. The minimum absolute atomic E-state index is 0.115. The molecule has 118 valence electrons. The highest BCUT2D eigenvalue weighted by Gasteiger charge is 2.17. The number of ether oxygens (including phenoxy) is 1. The molecule has 0 N–H and O–H groups in total. The van der Waals surface area contributed by atoms with Crippen LogP contribution in [0.2, 0.25) is 5.02 Å². The van der Waals surface area contributed by atoms with Crippen molar-refractivity contribution in [1.29, 1.82) is 0 Å². The predicted molar refractivity (Wildman–Crippen MR) is 82.0 cm³/mol. The van der Waals surface area contributed by atoms with Crippen molar-refractivity contribution in [3.05, 3.63) is 58.3 Å². The summed E-state index contributed by atoms with van der Waals surface area (Å²) < 4.78 is 15.5. The van der Waals surface area contributed by atoms with Crippen LogP contribution in [0.25, 0.3) is 11.4 Å². The molecule has 2 aromatic heterocycles. The molecule has 0 aliphatic rings. The Morgan fingerprint density at radius 3 is 2.83 bits per heavy atom. The zero-order valence-corrected chi connectivity index (χ0v) is 13.3. The van der Waals surface area contributed by atoms with Gasteiger partial charge in [-0.1, -0.05) is 28.9 Å². The van der Waals surface area contributed by atoms with Gasteiger partial charge in [-0.15, -0.1) is 0 Å². The van der Waals surface area contributed by atoms with Gasteiger partial charge in [0.05, 0.1) is 0 Å². The molecule has 0 amide bonds. The molecule has 0 radical (unpaired) electrons. The number of benzene rings is 1. The number of rotatable bonds is 4. The molecule has 0 aliphatic heterocycles. The van der Waals surface area contributed by atoms with Gasteiger partial charge in [0.15, 0.2) is 6.61 Å². The number of furan rings is 1. The van der Waals surface area contributed by atoms with Crippen LogP contribution in [0.3, 0.4) is 0 Å². The van der Waals surface area contributed by atoms with E-state index in [1.807, 2.05) is 6.07 Å². The third-order valence-corrected chi connectivity index (χ3v) is 3.37. The average Bonchev–Trinajstić information content (AvgIpc) is 3.11. The van der Waals surface area contributed by atoms with E-state index < -0.39 is 5.97 Å². The molecule has 23 heavy (non-hydrogen) atoms. The molecule has 0 spiro atoms. The first-order valence-electron chi connectivity index (χ1n) is 6.85. The highest BCUT2D eigenvalue weighted by molar-refractivity contribution is 6.30. The van der Waals surface area contributed by atoms with Crippen LogP contribution in [0.5, 0.6) is 0 Å². The van der Waals surface area contributed by atoms with Crippen LogP contribution in [0, 0.1) is 13.8 Å². The second-order valence-electron chi connectivity index (χ2n) is 4.93. The van der Waals surface area contributed by atoms with Crippen molar-refractivity contribution in [2.75, 3.05) is 0 Å². The third-order valence-electron chi connectivity index (χ3n) is 3.14. The maximum atomic E-state index is 12.0. The first kappa shape index (κ1) is 15.3. The monoisotopic (exact) mass is 332 g/mol. The van der Waals surface area contributed by atoms with Gasteiger partial charge in [-0.05, 0) is 32.0 Å². The van der Waals surface area contributed by atoms with Gasteiger partial charge in [0.2, 0.25) is 5.82 Å². The summed E-state index contributed by atoms with van der Waals surface area (Å²) in [6.45, 7) is 3.35. The Balaban J connectivity index is 1.68. The number of esters is 1. The quantitative estimate of drug-likeness (QED) is 0.673. The molecule has 0 fully saturated rings. The fourth-order valence-corrected chi connectivity index (χ4v) is 2.29. The Hall–Kier alpha value is -2.60. The molecule has 0 saturated carbocycles. The number of nitrogens with zero attached hydrogens (tertiary/aromatic N) is 2. The van der Waals surface area contributed by atoms with E-state index in [-0.39, 0.29) is 12.5 Å². The summed E-state index contributed by atoms with van der Waals surface area (Å²) >= 11 is 5.92. The molecule has 0 unspecified atom stereocenters. The van der Waals surface area contributed by atoms with E-state index in [1.54, 1.807) is 38.1 Å². The lowest BCUT2D eigenvalue weighted by Gasteiger charge is -1.99. The zero-order chi connectivity index (χ0) is 16.4. The lowest BCUT2D eigenvalue weighted by molar-refractivity contribution is 0.0428. The van der Waals surface area contributed by atoms with Crippen LogP contribution in [0.1, 0.15) is 27.8 Å². The van der Waals surface area contributed by atoms with Crippen molar-refractivity contribution in [1.82, 2.24) is 10.1 Å². The van der Waals surface area contributed by atoms with Crippen molar-refractivity contribution >= 4 is 17.6 Å². The van der Waals surface area contributed by atoms with E-state index in [2.05, 4.69) is 10.1 Å². The normalized spacial score (nSPS) is 10.7. The summed E-state index contributed by atoms with van der Waals surface area (Å²) in [6.07, 6.45) is 0. The van der Waals surface area contributed by atoms with E-state index in [4.69, 9.17) is 25.3 Å². The molecule has 0 saturated heterocycles. The van der Waals surface area contributed by atoms with Crippen LogP contribution >= 0.6 is 11.6 Å². The minimum atomic E-state index is -0.498. The topological polar surface area (TPSA) is 78.4 Å². The standard InChI is InChI=1S/C16H13ClN2O4/c1-9-6-13(10(2)22-9)16(20)21-8-14-18-15(19-23-14)11-4-3-5-12(17)7-11/h3-7H,8H2,1-2H3. The van der Waals surface area contributed by atoms with Gasteiger partial charge in [-0.3, -0.25) is 0 Å². The highest BCUT2D eigenvalue weighted by Crippen LogP contribution is 2.20. The predicted octanol–water partition coefficient (Wildman–Crippen LogP) is 3.96. The summed E-state index contributed by atoms with van der Waals surface area (Å²) in [5.74, 6) is 1.25. The largest absolute Gasteiger partial charge is 0.466 e. The molecule has 7 heteroatoms. The van der Waals surface area contributed by atoms with E-state index in [1.165, 1.54) is 0 Å². The molecule has 6 nitrogen and oxygen atoms in total. The molecule has 2 heterocycles. The van der Waals surface area contributed by atoms with Gasteiger partial charge in [0, 0.05) is 10.6 Å². The van der Waals surface area contributed by atoms with Gasteiger partial charge >= 0.3 is 5.97 Å². The number of aromatic nitrogens is 2. The van der Waals surface area contributed by atoms with Gasteiger partial charge in [0.25, 0.3) is 5.89 Å². The van der Waals surface area contributed by atoms with Crippen LogP contribution < -0.4 is 0 Å². The van der Waals surface area contributed by atoms with Crippen molar-refractivity contribution in [3.8, 4) is 11.4 Å². The highest BCUT2D eigenvalue weighted by atomic mass is 35.5.